The molecule has 2 N–H and O–H groups in total. The maximum Gasteiger partial charge on any atom is 0.241 e. The van der Waals surface area contributed by atoms with E-state index in [0.29, 0.717) is 5.69 Å². The zero-order chi connectivity index (χ0) is 17.0. The number of rotatable bonds is 5. The lowest BCUT2D eigenvalue weighted by Gasteiger charge is -2.10. The Morgan fingerprint density at radius 3 is 2.39 bits per heavy atom. The topological polar surface area (TPSA) is 75.3 Å². The largest absolute Gasteiger partial charge is 0.325 e. The highest BCUT2D eigenvalue weighted by molar-refractivity contribution is 9.10. The highest BCUT2D eigenvalue weighted by Gasteiger charge is 2.15. The van der Waals surface area contributed by atoms with Crippen LogP contribution in [-0.4, -0.2) is 20.9 Å². The van der Waals surface area contributed by atoms with Gasteiger partial charge >= 0.3 is 0 Å². The molecule has 0 unspecified atom stereocenters. The van der Waals surface area contributed by atoms with E-state index in [2.05, 4.69) is 26.0 Å². The minimum Gasteiger partial charge on any atom is -0.325 e. The normalized spacial score (nSPS) is 11.3. The van der Waals surface area contributed by atoms with Crippen LogP contribution < -0.4 is 10.0 Å². The van der Waals surface area contributed by atoms with Crippen LogP contribution in [0.2, 0.25) is 0 Å². The molecule has 5 nitrogen and oxygen atoms in total. The Balaban J connectivity index is 2.01. The van der Waals surface area contributed by atoms with E-state index in [1.165, 1.54) is 12.1 Å². The smallest absolute Gasteiger partial charge is 0.241 e. The molecule has 0 aliphatic carbocycles. The number of aryl methyl sites for hydroxylation is 2. The van der Waals surface area contributed by atoms with Crippen LogP contribution in [0.5, 0.6) is 0 Å². The summed E-state index contributed by atoms with van der Waals surface area (Å²) in [6.07, 6.45) is 0. The monoisotopic (exact) mass is 396 g/mol. The fraction of sp³-hybridized carbons (Fsp3) is 0.188. The number of hydrogen-bond acceptors (Lipinski definition) is 3. The first-order chi connectivity index (χ1) is 10.8. The van der Waals surface area contributed by atoms with Gasteiger partial charge in [-0.05, 0) is 55.3 Å². The Labute approximate surface area is 144 Å². The number of hydrogen-bond donors (Lipinski definition) is 2. The predicted octanol–water partition coefficient (Wildman–Crippen LogP) is 2.98. The van der Waals surface area contributed by atoms with Gasteiger partial charge in [0.2, 0.25) is 15.9 Å². The average molecular weight is 397 g/mol. The maximum atomic E-state index is 12.1. The molecule has 0 saturated carbocycles. The second kappa shape index (κ2) is 7.25. The SMILES string of the molecule is Cc1ccc(C)c(NC(=O)CNS(=O)(=O)c2ccc(Br)cc2)c1. The second-order valence-corrected chi connectivity index (χ2v) is 7.83. The van der Waals surface area contributed by atoms with Gasteiger partial charge in [-0.15, -0.1) is 0 Å². The highest BCUT2D eigenvalue weighted by Crippen LogP contribution is 2.16. The summed E-state index contributed by atoms with van der Waals surface area (Å²) in [5.74, 6) is -0.417. The molecule has 0 heterocycles. The number of amides is 1. The summed E-state index contributed by atoms with van der Waals surface area (Å²) in [7, 11) is -3.71. The molecule has 0 atom stereocenters. The number of carbonyl (C=O) groups excluding carboxylic acids is 1. The zero-order valence-electron chi connectivity index (χ0n) is 12.8. The molecule has 0 saturated heterocycles. The van der Waals surface area contributed by atoms with Crippen molar-refractivity contribution in [2.75, 3.05) is 11.9 Å². The van der Waals surface area contributed by atoms with Crippen LogP contribution in [0.3, 0.4) is 0 Å². The Morgan fingerprint density at radius 2 is 1.74 bits per heavy atom. The fourth-order valence-corrected chi connectivity index (χ4v) is 3.17. The van der Waals surface area contributed by atoms with Gasteiger partial charge in [-0.1, -0.05) is 28.1 Å². The number of halogens is 1. The fourth-order valence-electron chi connectivity index (χ4n) is 1.92. The van der Waals surface area contributed by atoms with Crippen molar-refractivity contribution in [1.82, 2.24) is 4.72 Å². The Kier molecular flexibility index (Phi) is 5.56. The van der Waals surface area contributed by atoms with Crippen LogP contribution in [0.1, 0.15) is 11.1 Å². The number of anilines is 1. The molecule has 0 aromatic heterocycles. The van der Waals surface area contributed by atoms with E-state index in [-0.39, 0.29) is 11.4 Å². The third-order valence-electron chi connectivity index (χ3n) is 3.21. The van der Waals surface area contributed by atoms with Crippen molar-refractivity contribution in [2.45, 2.75) is 18.7 Å². The van der Waals surface area contributed by atoms with Gasteiger partial charge in [-0.25, -0.2) is 13.1 Å². The van der Waals surface area contributed by atoms with E-state index in [0.717, 1.165) is 15.6 Å². The molecule has 0 aliphatic heterocycles. The van der Waals surface area contributed by atoms with Crippen LogP contribution in [0.4, 0.5) is 5.69 Å². The van der Waals surface area contributed by atoms with Crippen LogP contribution in [0.25, 0.3) is 0 Å². The lowest BCUT2D eigenvalue weighted by atomic mass is 10.1. The second-order valence-electron chi connectivity index (χ2n) is 5.15. The predicted molar refractivity (Wildman–Crippen MR) is 93.9 cm³/mol. The summed E-state index contributed by atoms with van der Waals surface area (Å²) in [5, 5.41) is 2.71. The van der Waals surface area contributed by atoms with E-state index in [9.17, 15) is 13.2 Å². The summed E-state index contributed by atoms with van der Waals surface area (Å²) in [5.41, 5.74) is 2.61. The summed E-state index contributed by atoms with van der Waals surface area (Å²) in [4.78, 5) is 12.1. The van der Waals surface area contributed by atoms with Gasteiger partial charge in [-0.2, -0.15) is 0 Å². The summed E-state index contributed by atoms with van der Waals surface area (Å²) in [6.45, 7) is 3.47. The quantitative estimate of drug-likeness (QED) is 0.815. The summed E-state index contributed by atoms with van der Waals surface area (Å²) < 4.78 is 27.3. The van der Waals surface area contributed by atoms with Crippen molar-refractivity contribution in [3.05, 3.63) is 58.1 Å². The van der Waals surface area contributed by atoms with Gasteiger partial charge in [0.25, 0.3) is 0 Å². The van der Waals surface area contributed by atoms with E-state index in [1.807, 2.05) is 32.0 Å². The molecule has 0 aliphatic rings. The lowest BCUT2D eigenvalue weighted by Crippen LogP contribution is -2.33. The third kappa shape index (κ3) is 4.89. The van der Waals surface area contributed by atoms with E-state index in [1.54, 1.807) is 12.1 Å². The number of nitrogens with one attached hydrogen (secondary N) is 2. The van der Waals surface area contributed by atoms with Gasteiger partial charge in [0.1, 0.15) is 0 Å². The molecule has 23 heavy (non-hydrogen) atoms. The lowest BCUT2D eigenvalue weighted by molar-refractivity contribution is -0.115. The third-order valence-corrected chi connectivity index (χ3v) is 5.16. The summed E-state index contributed by atoms with van der Waals surface area (Å²) in [6, 6.07) is 11.9. The first kappa shape index (κ1) is 17.7. The van der Waals surface area contributed by atoms with Gasteiger partial charge in [0, 0.05) is 10.2 Å². The Hall–Kier alpha value is -1.70. The van der Waals surface area contributed by atoms with Gasteiger partial charge in [0.05, 0.1) is 11.4 Å². The first-order valence-corrected chi connectivity index (χ1v) is 9.18. The molecular formula is C16H17BrN2O3S. The molecule has 7 heteroatoms. The number of carbonyl (C=O) groups is 1. The zero-order valence-corrected chi connectivity index (χ0v) is 15.2. The van der Waals surface area contributed by atoms with E-state index in [4.69, 9.17) is 0 Å². The van der Waals surface area contributed by atoms with Crippen molar-refractivity contribution in [2.24, 2.45) is 0 Å². The molecule has 2 aromatic rings. The maximum absolute atomic E-state index is 12.1. The van der Waals surface area contributed by atoms with Gasteiger partial charge in [-0.3, -0.25) is 4.79 Å². The number of benzene rings is 2. The number of sulfonamides is 1. The van der Waals surface area contributed by atoms with E-state index < -0.39 is 15.9 Å². The molecule has 2 aromatic carbocycles. The standard InChI is InChI=1S/C16H17BrN2O3S/c1-11-3-4-12(2)15(9-11)19-16(20)10-18-23(21,22)14-7-5-13(17)6-8-14/h3-9,18H,10H2,1-2H3,(H,19,20). The molecule has 0 spiro atoms. The van der Waals surface area contributed by atoms with Crippen LogP contribution in [0.15, 0.2) is 51.8 Å². The van der Waals surface area contributed by atoms with Crippen LogP contribution >= 0.6 is 15.9 Å². The van der Waals surface area contributed by atoms with Crippen LogP contribution in [-0.2, 0) is 14.8 Å². The Bertz CT molecular complexity index is 818. The minimum atomic E-state index is -3.71. The highest BCUT2D eigenvalue weighted by atomic mass is 79.9. The minimum absolute atomic E-state index is 0.111. The average Bonchev–Trinajstić information content (AvgIpc) is 2.49. The van der Waals surface area contributed by atoms with E-state index >= 15 is 0 Å². The van der Waals surface area contributed by atoms with Crippen molar-refractivity contribution >= 4 is 37.5 Å². The Morgan fingerprint density at radius 1 is 1.09 bits per heavy atom. The van der Waals surface area contributed by atoms with Crippen molar-refractivity contribution in [3.63, 3.8) is 0 Å². The van der Waals surface area contributed by atoms with Gasteiger partial charge < -0.3 is 5.32 Å². The molecule has 122 valence electrons. The molecule has 0 fully saturated rings. The van der Waals surface area contributed by atoms with Crippen molar-refractivity contribution < 1.29 is 13.2 Å². The first-order valence-electron chi connectivity index (χ1n) is 6.90. The van der Waals surface area contributed by atoms with Crippen molar-refractivity contribution in [3.8, 4) is 0 Å². The van der Waals surface area contributed by atoms with Crippen molar-refractivity contribution in [1.29, 1.82) is 0 Å². The molecule has 2 rings (SSSR count). The molecule has 1 amide bonds. The van der Waals surface area contributed by atoms with Crippen LogP contribution in [0, 0.1) is 13.8 Å². The molecular weight excluding hydrogens is 380 g/mol. The molecule has 0 radical (unpaired) electrons. The van der Waals surface area contributed by atoms with Gasteiger partial charge in [0.15, 0.2) is 0 Å². The molecule has 0 bridgehead atoms. The summed E-state index contributed by atoms with van der Waals surface area (Å²) >= 11 is 3.24.